The van der Waals surface area contributed by atoms with Gasteiger partial charge in [-0.1, -0.05) is 6.92 Å². The molecule has 4 nitrogen and oxygen atoms in total. The molecule has 1 amide bonds. The molecule has 1 heterocycles. The van der Waals surface area contributed by atoms with E-state index in [1.165, 1.54) is 0 Å². The fourth-order valence-corrected chi connectivity index (χ4v) is 1.40. The van der Waals surface area contributed by atoms with Crippen LogP contribution in [-0.2, 0) is 9.59 Å². The Labute approximate surface area is 71.0 Å². The van der Waals surface area contributed by atoms with Crippen LogP contribution in [-0.4, -0.2) is 23.5 Å². The fourth-order valence-electron chi connectivity index (χ4n) is 1.40. The Morgan fingerprint density at radius 3 is 2.92 bits per heavy atom. The molecule has 2 atom stereocenters. The van der Waals surface area contributed by atoms with Crippen LogP contribution in [0, 0.1) is 11.8 Å². The van der Waals surface area contributed by atoms with Gasteiger partial charge in [-0.25, -0.2) is 0 Å². The van der Waals surface area contributed by atoms with Gasteiger partial charge in [0.05, 0.1) is 5.92 Å². The summed E-state index contributed by atoms with van der Waals surface area (Å²) in [5.41, 5.74) is 0. The number of nitrogens with one attached hydrogen (secondary N) is 1. The Morgan fingerprint density at radius 2 is 2.50 bits per heavy atom. The standard InChI is InChI=1S/C8H13NO3/c1-5(8(11)12)4-6-2-3-9-7(6)10/h5-6H,2-4H2,1H3,(H,9,10)(H,11,12). The maximum atomic E-state index is 11.0. The number of aliphatic carboxylic acids is 1. The molecule has 0 aliphatic carbocycles. The maximum absolute atomic E-state index is 11.0. The second kappa shape index (κ2) is 3.56. The summed E-state index contributed by atoms with van der Waals surface area (Å²) in [5.74, 6) is -1.33. The number of rotatable bonds is 3. The molecule has 2 unspecified atom stereocenters. The number of hydrogen-bond donors (Lipinski definition) is 2. The van der Waals surface area contributed by atoms with Gasteiger partial charge in [0.25, 0.3) is 0 Å². The van der Waals surface area contributed by atoms with Crippen LogP contribution in [0.2, 0.25) is 0 Å². The second-order valence-corrected chi connectivity index (χ2v) is 3.25. The van der Waals surface area contributed by atoms with E-state index in [1.54, 1.807) is 6.92 Å². The minimum atomic E-state index is -0.824. The molecule has 1 fully saturated rings. The predicted octanol–water partition coefficient (Wildman–Crippen LogP) is 0.233. The minimum Gasteiger partial charge on any atom is -0.481 e. The molecule has 0 aromatic carbocycles. The van der Waals surface area contributed by atoms with Crippen molar-refractivity contribution >= 4 is 11.9 Å². The van der Waals surface area contributed by atoms with Crippen molar-refractivity contribution in [2.24, 2.45) is 11.8 Å². The summed E-state index contributed by atoms with van der Waals surface area (Å²) in [6.07, 6.45) is 1.23. The van der Waals surface area contributed by atoms with Gasteiger partial charge in [0.1, 0.15) is 0 Å². The van der Waals surface area contributed by atoms with E-state index in [0.717, 1.165) is 6.42 Å². The highest BCUT2D eigenvalue weighted by Gasteiger charge is 2.27. The molecule has 0 aromatic rings. The van der Waals surface area contributed by atoms with Crippen molar-refractivity contribution in [2.45, 2.75) is 19.8 Å². The molecule has 12 heavy (non-hydrogen) atoms. The molecule has 0 radical (unpaired) electrons. The van der Waals surface area contributed by atoms with E-state index in [9.17, 15) is 9.59 Å². The van der Waals surface area contributed by atoms with Crippen LogP contribution >= 0.6 is 0 Å². The quantitative estimate of drug-likeness (QED) is 0.639. The third-order valence-electron chi connectivity index (χ3n) is 2.22. The predicted molar refractivity (Wildman–Crippen MR) is 42.5 cm³/mol. The van der Waals surface area contributed by atoms with E-state index in [0.29, 0.717) is 13.0 Å². The van der Waals surface area contributed by atoms with Crippen LogP contribution in [0.25, 0.3) is 0 Å². The molecular formula is C8H13NO3. The molecule has 0 aromatic heterocycles. The van der Waals surface area contributed by atoms with Crippen LogP contribution in [0.15, 0.2) is 0 Å². The summed E-state index contributed by atoms with van der Waals surface area (Å²) in [6, 6.07) is 0. The molecule has 4 heteroatoms. The normalized spacial score (nSPS) is 25.1. The number of carboxylic acids is 1. The first kappa shape index (κ1) is 9.03. The Bertz CT molecular complexity index is 202. The van der Waals surface area contributed by atoms with Gasteiger partial charge in [-0.2, -0.15) is 0 Å². The van der Waals surface area contributed by atoms with E-state index >= 15 is 0 Å². The summed E-state index contributed by atoms with van der Waals surface area (Å²) in [5, 5.41) is 11.3. The average Bonchev–Trinajstić information content (AvgIpc) is 2.36. The minimum absolute atomic E-state index is 0.00287. The van der Waals surface area contributed by atoms with Gasteiger partial charge in [0, 0.05) is 12.5 Å². The Morgan fingerprint density at radius 1 is 1.83 bits per heavy atom. The smallest absolute Gasteiger partial charge is 0.306 e. The highest BCUT2D eigenvalue weighted by Crippen LogP contribution is 2.19. The lowest BCUT2D eigenvalue weighted by Crippen LogP contribution is -2.22. The summed E-state index contributed by atoms with van der Waals surface area (Å²) in [6.45, 7) is 2.32. The lowest BCUT2D eigenvalue weighted by atomic mass is 9.95. The van der Waals surface area contributed by atoms with Crippen molar-refractivity contribution < 1.29 is 14.7 Å². The second-order valence-electron chi connectivity index (χ2n) is 3.25. The number of carbonyl (C=O) groups excluding carboxylic acids is 1. The molecule has 0 bridgehead atoms. The van der Waals surface area contributed by atoms with Crippen molar-refractivity contribution in [3.63, 3.8) is 0 Å². The van der Waals surface area contributed by atoms with Crippen molar-refractivity contribution in [3.8, 4) is 0 Å². The number of amides is 1. The number of hydrogen-bond acceptors (Lipinski definition) is 2. The zero-order valence-corrected chi connectivity index (χ0v) is 7.04. The van der Waals surface area contributed by atoms with Crippen molar-refractivity contribution in [2.75, 3.05) is 6.54 Å². The van der Waals surface area contributed by atoms with Crippen molar-refractivity contribution in [1.29, 1.82) is 0 Å². The van der Waals surface area contributed by atoms with E-state index < -0.39 is 11.9 Å². The van der Waals surface area contributed by atoms with Crippen LogP contribution in [0.4, 0.5) is 0 Å². The summed E-state index contributed by atoms with van der Waals surface area (Å²) in [7, 11) is 0. The lowest BCUT2D eigenvalue weighted by molar-refractivity contribution is -0.141. The molecular weight excluding hydrogens is 158 g/mol. The molecule has 2 N–H and O–H groups in total. The van der Waals surface area contributed by atoms with Gasteiger partial charge >= 0.3 is 5.97 Å². The molecule has 1 aliphatic rings. The summed E-state index contributed by atoms with van der Waals surface area (Å²) >= 11 is 0. The Kier molecular flexibility index (Phi) is 2.68. The van der Waals surface area contributed by atoms with Crippen LogP contribution in [0.3, 0.4) is 0 Å². The molecule has 0 saturated carbocycles. The van der Waals surface area contributed by atoms with E-state index in [4.69, 9.17) is 5.11 Å². The molecule has 1 rings (SSSR count). The largest absolute Gasteiger partial charge is 0.481 e. The highest BCUT2D eigenvalue weighted by atomic mass is 16.4. The molecule has 68 valence electrons. The zero-order chi connectivity index (χ0) is 9.14. The number of carbonyl (C=O) groups is 2. The molecule has 0 spiro atoms. The van der Waals surface area contributed by atoms with Crippen LogP contribution in [0.1, 0.15) is 19.8 Å². The average molecular weight is 171 g/mol. The molecule has 1 aliphatic heterocycles. The SMILES string of the molecule is CC(CC1CCNC1=O)C(=O)O. The van der Waals surface area contributed by atoms with Gasteiger partial charge in [-0.15, -0.1) is 0 Å². The topological polar surface area (TPSA) is 66.4 Å². The van der Waals surface area contributed by atoms with E-state index in [1.807, 2.05) is 0 Å². The lowest BCUT2D eigenvalue weighted by Gasteiger charge is -2.09. The maximum Gasteiger partial charge on any atom is 0.306 e. The van der Waals surface area contributed by atoms with E-state index in [2.05, 4.69) is 5.32 Å². The van der Waals surface area contributed by atoms with Gasteiger partial charge in [0.2, 0.25) is 5.91 Å². The number of carboxylic acid groups (broad SMARTS) is 1. The van der Waals surface area contributed by atoms with Gasteiger partial charge < -0.3 is 10.4 Å². The summed E-state index contributed by atoms with van der Waals surface area (Å²) in [4.78, 5) is 21.5. The van der Waals surface area contributed by atoms with Crippen LogP contribution < -0.4 is 5.32 Å². The highest BCUT2D eigenvalue weighted by molar-refractivity contribution is 5.81. The first-order valence-corrected chi connectivity index (χ1v) is 4.11. The van der Waals surface area contributed by atoms with E-state index in [-0.39, 0.29) is 11.8 Å². The third-order valence-corrected chi connectivity index (χ3v) is 2.22. The van der Waals surface area contributed by atoms with Gasteiger partial charge in [0.15, 0.2) is 0 Å². The van der Waals surface area contributed by atoms with Gasteiger partial charge in [-0.3, -0.25) is 9.59 Å². The zero-order valence-electron chi connectivity index (χ0n) is 7.04. The monoisotopic (exact) mass is 171 g/mol. The van der Waals surface area contributed by atoms with Crippen molar-refractivity contribution in [3.05, 3.63) is 0 Å². The first-order valence-electron chi connectivity index (χ1n) is 4.11. The van der Waals surface area contributed by atoms with Crippen LogP contribution in [0.5, 0.6) is 0 Å². The fraction of sp³-hybridized carbons (Fsp3) is 0.750. The Hall–Kier alpha value is -1.06. The van der Waals surface area contributed by atoms with Crippen molar-refractivity contribution in [1.82, 2.24) is 5.32 Å². The Balaban J connectivity index is 2.40. The first-order chi connectivity index (χ1) is 5.61. The van der Waals surface area contributed by atoms with Gasteiger partial charge in [-0.05, 0) is 12.8 Å². The molecule has 1 saturated heterocycles. The third kappa shape index (κ3) is 1.96. The summed E-state index contributed by atoms with van der Waals surface area (Å²) < 4.78 is 0.